The maximum atomic E-state index is 10.1. The zero-order valence-corrected chi connectivity index (χ0v) is 11.9. The summed E-state index contributed by atoms with van der Waals surface area (Å²) in [5.74, 6) is 0.670. The molecule has 3 rings (SSSR count). The van der Waals surface area contributed by atoms with Crippen LogP contribution in [0.15, 0.2) is 54.9 Å². The first-order chi connectivity index (χ1) is 10.3. The highest BCUT2D eigenvalue weighted by molar-refractivity contribution is 5.74. The molecular weight excluding hydrogens is 264 g/mol. The molecule has 0 unspecified atom stereocenters. The number of hydrogen-bond acceptors (Lipinski definition) is 3. The van der Waals surface area contributed by atoms with Crippen molar-refractivity contribution in [3.63, 3.8) is 0 Å². The second-order valence-electron chi connectivity index (χ2n) is 4.96. The molecule has 0 saturated heterocycles. The van der Waals surface area contributed by atoms with Gasteiger partial charge in [-0.1, -0.05) is 31.2 Å². The summed E-state index contributed by atoms with van der Waals surface area (Å²) in [6, 6.07) is 15.6. The number of ether oxygens (including phenoxy) is 1. The van der Waals surface area contributed by atoms with Crippen molar-refractivity contribution in [3.05, 3.63) is 60.4 Å². The number of aliphatic hydroxyl groups is 1. The summed E-state index contributed by atoms with van der Waals surface area (Å²) in [5.41, 5.74) is 3.15. The molecule has 4 nitrogen and oxygen atoms in total. The van der Waals surface area contributed by atoms with Gasteiger partial charge in [0.05, 0.1) is 23.9 Å². The van der Waals surface area contributed by atoms with Gasteiger partial charge in [0, 0.05) is 0 Å². The standard InChI is InChI=1S/C17H18N2O2/c1-2-13-7-9-14(10-8-13)21-17(20)11-19-12-18-15-5-3-4-6-16(15)19/h3-10,12,17,20H,2,11H2,1H3/t17-/m0/s1. The van der Waals surface area contributed by atoms with Crippen molar-refractivity contribution < 1.29 is 9.84 Å². The van der Waals surface area contributed by atoms with E-state index in [2.05, 4.69) is 11.9 Å². The van der Waals surface area contributed by atoms with E-state index in [9.17, 15) is 5.11 Å². The Bertz CT molecular complexity index is 719. The maximum absolute atomic E-state index is 10.1. The summed E-state index contributed by atoms with van der Waals surface area (Å²) in [4.78, 5) is 4.30. The molecule has 0 saturated carbocycles. The molecule has 0 amide bonds. The number of aliphatic hydroxyl groups excluding tert-OH is 1. The lowest BCUT2D eigenvalue weighted by molar-refractivity contribution is -0.0286. The van der Waals surface area contributed by atoms with Crippen molar-refractivity contribution in [1.29, 1.82) is 0 Å². The molecule has 0 bridgehead atoms. The van der Waals surface area contributed by atoms with Crippen LogP contribution in [-0.4, -0.2) is 20.9 Å². The van der Waals surface area contributed by atoms with Crippen LogP contribution in [0, 0.1) is 0 Å². The highest BCUT2D eigenvalue weighted by Gasteiger charge is 2.09. The van der Waals surface area contributed by atoms with Gasteiger partial charge >= 0.3 is 0 Å². The van der Waals surface area contributed by atoms with Gasteiger partial charge in [-0.15, -0.1) is 0 Å². The predicted molar refractivity (Wildman–Crippen MR) is 82.2 cm³/mol. The Morgan fingerprint density at radius 1 is 1.14 bits per heavy atom. The summed E-state index contributed by atoms with van der Waals surface area (Å²) in [6.45, 7) is 2.45. The molecule has 1 atom stereocenters. The SMILES string of the molecule is CCc1ccc(O[C@H](O)Cn2cnc3ccccc32)cc1. The average Bonchev–Trinajstić information content (AvgIpc) is 2.91. The predicted octanol–water partition coefficient (Wildman–Crippen LogP) is 3.00. The second-order valence-corrected chi connectivity index (χ2v) is 4.96. The van der Waals surface area contributed by atoms with Crippen LogP contribution in [0.4, 0.5) is 0 Å². The molecule has 0 fully saturated rings. The van der Waals surface area contributed by atoms with E-state index < -0.39 is 6.29 Å². The van der Waals surface area contributed by atoms with Crippen molar-refractivity contribution in [2.75, 3.05) is 0 Å². The molecule has 108 valence electrons. The van der Waals surface area contributed by atoms with E-state index in [0.717, 1.165) is 17.5 Å². The van der Waals surface area contributed by atoms with Crippen LogP contribution in [-0.2, 0) is 13.0 Å². The highest BCUT2D eigenvalue weighted by Crippen LogP contribution is 2.16. The molecule has 4 heteroatoms. The van der Waals surface area contributed by atoms with Gasteiger partial charge in [0.15, 0.2) is 0 Å². The number of para-hydroxylation sites is 2. The van der Waals surface area contributed by atoms with E-state index in [1.54, 1.807) is 6.33 Å². The summed E-state index contributed by atoms with van der Waals surface area (Å²) in [6.07, 6.45) is 1.80. The summed E-state index contributed by atoms with van der Waals surface area (Å²) in [7, 11) is 0. The van der Waals surface area contributed by atoms with Gasteiger partial charge in [0.1, 0.15) is 5.75 Å². The first-order valence-corrected chi connectivity index (χ1v) is 7.10. The molecule has 21 heavy (non-hydrogen) atoms. The third-order valence-electron chi connectivity index (χ3n) is 3.48. The molecule has 1 aromatic heterocycles. The van der Waals surface area contributed by atoms with E-state index >= 15 is 0 Å². The van der Waals surface area contributed by atoms with Crippen LogP contribution in [0.2, 0.25) is 0 Å². The zero-order chi connectivity index (χ0) is 14.7. The van der Waals surface area contributed by atoms with Crippen molar-refractivity contribution in [2.45, 2.75) is 26.2 Å². The van der Waals surface area contributed by atoms with Crippen LogP contribution in [0.25, 0.3) is 11.0 Å². The van der Waals surface area contributed by atoms with Gasteiger partial charge < -0.3 is 14.4 Å². The van der Waals surface area contributed by atoms with Crippen molar-refractivity contribution >= 4 is 11.0 Å². The van der Waals surface area contributed by atoms with Crippen LogP contribution in [0.3, 0.4) is 0 Å². The van der Waals surface area contributed by atoms with Crippen LogP contribution >= 0.6 is 0 Å². The average molecular weight is 282 g/mol. The fraction of sp³-hybridized carbons (Fsp3) is 0.235. The van der Waals surface area contributed by atoms with E-state index in [1.165, 1.54) is 5.56 Å². The van der Waals surface area contributed by atoms with Crippen LogP contribution in [0.5, 0.6) is 5.75 Å². The van der Waals surface area contributed by atoms with E-state index in [4.69, 9.17) is 4.74 Å². The van der Waals surface area contributed by atoms with E-state index in [1.807, 2.05) is 53.1 Å². The number of nitrogens with zero attached hydrogens (tertiary/aromatic N) is 2. The fourth-order valence-corrected chi connectivity index (χ4v) is 2.32. The molecule has 0 radical (unpaired) electrons. The number of benzene rings is 2. The molecule has 0 aliphatic rings. The van der Waals surface area contributed by atoms with Gasteiger partial charge in [0.25, 0.3) is 0 Å². The van der Waals surface area contributed by atoms with Crippen LogP contribution in [0.1, 0.15) is 12.5 Å². The molecule has 1 heterocycles. The van der Waals surface area contributed by atoms with Crippen molar-refractivity contribution in [3.8, 4) is 5.75 Å². The Morgan fingerprint density at radius 3 is 2.67 bits per heavy atom. The molecule has 2 aromatic carbocycles. The largest absolute Gasteiger partial charge is 0.463 e. The third kappa shape index (κ3) is 3.06. The van der Waals surface area contributed by atoms with E-state index in [-0.39, 0.29) is 0 Å². The number of hydrogen-bond donors (Lipinski definition) is 1. The third-order valence-corrected chi connectivity index (χ3v) is 3.48. The normalized spacial score (nSPS) is 12.5. The maximum Gasteiger partial charge on any atom is 0.215 e. The Balaban J connectivity index is 1.69. The second kappa shape index (κ2) is 5.97. The fourth-order valence-electron chi connectivity index (χ4n) is 2.32. The quantitative estimate of drug-likeness (QED) is 0.732. The number of imidazole rings is 1. The van der Waals surface area contributed by atoms with Gasteiger partial charge in [-0.25, -0.2) is 4.98 Å². The number of rotatable bonds is 5. The van der Waals surface area contributed by atoms with Crippen molar-refractivity contribution in [1.82, 2.24) is 9.55 Å². The minimum absolute atomic E-state index is 0.343. The topological polar surface area (TPSA) is 47.3 Å². The van der Waals surface area contributed by atoms with E-state index in [0.29, 0.717) is 12.3 Å². The molecule has 0 aliphatic carbocycles. The van der Waals surface area contributed by atoms with Crippen LogP contribution < -0.4 is 4.74 Å². The van der Waals surface area contributed by atoms with Gasteiger partial charge in [-0.05, 0) is 36.2 Å². The Hall–Kier alpha value is -2.33. The van der Waals surface area contributed by atoms with Gasteiger partial charge in [0.2, 0.25) is 6.29 Å². The number of fused-ring (bicyclic) bond motifs is 1. The first kappa shape index (κ1) is 13.6. The molecule has 0 aliphatic heterocycles. The lowest BCUT2D eigenvalue weighted by atomic mass is 10.2. The lowest BCUT2D eigenvalue weighted by Crippen LogP contribution is -2.22. The van der Waals surface area contributed by atoms with Gasteiger partial charge in [-0.3, -0.25) is 0 Å². The number of aryl methyl sites for hydroxylation is 1. The molecule has 3 aromatic rings. The highest BCUT2D eigenvalue weighted by atomic mass is 16.6. The summed E-state index contributed by atoms with van der Waals surface area (Å²) in [5, 5.41) is 10.1. The van der Waals surface area contributed by atoms with Gasteiger partial charge in [-0.2, -0.15) is 0 Å². The molecular formula is C17H18N2O2. The lowest BCUT2D eigenvalue weighted by Gasteiger charge is -2.14. The zero-order valence-electron chi connectivity index (χ0n) is 11.9. The Labute approximate surface area is 123 Å². The summed E-state index contributed by atoms with van der Waals surface area (Å²) < 4.78 is 7.43. The Kier molecular flexibility index (Phi) is 3.88. The number of aromatic nitrogens is 2. The monoisotopic (exact) mass is 282 g/mol. The van der Waals surface area contributed by atoms with Crippen molar-refractivity contribution in [2.24, 2.45) is 0 Å². The minimum Gasteiger partial charge on any atom is -0.463 e. The summed E-state index contributed by atoms with van der Waals surface area (Å²) >= 11 is 0. The minimum atomic E-state index is -0.907. The molecule has 0 spiro atoms. The Morgan fingerprint density at radius 2 is 1.90 bits per heavy atom. The molecule has 1 N–H and O–H groups in total. The smallest absolute Gasteiger partial charge is 0.215 e. The first-order valence-electron chi connectivity index (χ1n) is 7.10.